The first-order valence-corrected chi connectivity index (χ1v) is 10.5. The highest BCUT2D eigenvalue weighted by molar-refractivity contribution is 7.08. The first-order valence-electron chi connectivity index (χ1n) is 9.22. The van der Waals surface area contributed by atoms with Gasteiger partial charge >= 0.3 is 0 Å². The van der Waals surface area contributed by atoms with Gasteiger partial charge in [0.05, 0.1) is 11.9 Å². The Bertz CT molecular complexity index is 1260. The minimum Gasteiger partial charge on any atom is -0.381 e. The number of nitrogens with zero attached hydrogens (tertiary/aromatic N) is 3. The molecule has 0 aliphatic carbocycles. The maximum Gasteiger partial charge on any atom is 0.163 e. The van der Waals surface area contributed by atoms with E-state index in [2.05, 4.69) is 56.5 Å². The SMILES string of the molecule is Clc1ccc(CNc2cccc(-c3ccnc4c(-c5ccsc5)cnn34)c2)cc1. The monoisotopic (exact) mass is 416 g/mol. The average molecular weight is 417 g/mol. The summed E-state index contributed by atoms with van der Waals surface area (Å²) in [6.45, 7) is 0.733. The lowest BCUT2D eigenvalue weighted by Crippen LogP contribution is -2.00. The third-order valence-corrected chi connectivity index (χ3v) is 5.74. The van der Waals surface area contributed by atoms with Crippen LogP contribution in [0.3, 0.4) is 0 Å². The summed E-state index contributed by atoms with van der Waals surface area (Å²) in [5.41, 5.74) is 7.37. The van der Waals surface area contributed by atoms with Gasteiger partial charge in [-0.25, -0.2) is 9.50 Å². The predicted octanol–water partition coefficient (Wildman–Crippen LogP) is 6.39. The van der Waals surface area contributed by atoms with E-state index in [1.54, 1.807) is 11.3 Å². The molecule has 29 heavy (non-hydrogen) atoms. The summed E-state index contributed by atoms with van der Waals surface area (Å²) in [6.07, 6.45) is 3.73. The van der Waals surface area contributed by atoms with Crippen LogP contribution in [0, 0.1) is 0 Å². The molecule has 5 aromatic rings. The molecule has 0 aliphatic heterocycles. The fourth-order valence-corrected chi connectivity index (χ4v) is 4.11. The van der Waals surface area contributed by atoms with Gasteiger partial charge in [-0.3, -0.25) is 0 Å². The van der Waals surface area contributed by atoms with Gasteiger partial charge < -0.3 is 5.32 Å². The lowest BCUT2D eigenvalue weighted by molar-refractivity contribution is 0.948. The van der Waals surface area contributed by atoms with E-state index in [-0.39, 0.29) is 0 Å². The van der Waals surface area contributed by atoms with Crippen LogP contribution in [-0.2, 0) is 6.54 Å². The Kier molecular flexibility index (Phi) is 4.76. The molecule has 0 unspecified atom stereocenters. The number of nitrogens with one attached hydrogen (secondary N) is 1. The molecule has 6 heteroatoms. The zero-order valence-electron chi connectivity index (χ0n) is 15.4. The molecule has 0 fully saturated rings. The summed E-state index contributed by atoms with van der Waals surface area (Å²) >= 11 is 7.64. The van der Waals surface area contributed by atoms with Crippen LogP contribution >= 0.6 is 22.9 Å². The standard InChI is InChI=1S/C23H17ClN4S/c24-19-6-4-16(5-7-19)13-26-20-3-1-2-17(12-20)22-8-10-25-23-21(14-27-28(22)23)18-9-11-29-15-18/h1-12,14-15,26H,13H2. The van der Waals surface area contributed by atoms with Crippen molar-refractivity contribution in [1.82, 2.24) is 14.6 Å². The van der Waals surface area contributed by atoms with Gasteiger partial charge in [-0.15, -0.1) is 0 Å². The van der Waals surface area contributed by atoms with Crippen molar-refractivity contribution in [2.75, 3.05) is 5.32 Å². The van der Waals surface area contributed by atoms with Gasteiger partial charge in [0.25, 0.3) is 0 Å². The summed E-state index contributed by atoms with van der Waals surface area (Å²) < 4.78 is 1.91. The number of fused-ring (bicyclic) bond motifs is 1. The molecule has 5 rings (SSSR count). The second kappa shape index (κ2) is 7.70. The van der Waals surface area contributed by atoms with Gasteiger partial charge in [0.1, 0.15) is 0 Å². The largest absolute Gasteiger partial charge is 0.381 e. The fourth-order valence-electron chi connectivity index (χ4n) is 3.33. The predicted molar refractivity (Wildman–Crippen MR) is 121 cm³/mol. The normalized spacial score (nSPS) is 11.1. The maximum atomic E-state index is 5.97. The summed E-state index contributed by atoms with van der Waals surface area (Å²) in [4.78, 5) is 4.57. The van der Waals surface area contributed by atoms with Gasteiger partial charge in [0.15, 0.2) is 5.65 Å². The van der Waals surface area contributed by atoms with Crippen molar-refractivity contribution in [1.29, 1.82) is 0 Å². The third-order valence-electron chi connectivity index (χ3n) is 4.80. The Morgan fingerprint density at radius 2 is 1.90 bits per heavy atom. The van der Waals surface area contributed by atoms with Gasteiger partial charge in [0, 0.05) is 34.6 Å². The Morgan fingerprint density at radius 1 is 1.00 bits per heavy atom. The highest BCUT2D eigenvalue weighted by Gasteiger charge is 2.12. The lowest BCUT2D eigenvalue weighted by atomic mass is 10.1. The number of benzene rings is 2. The molecule has 0 aliphatic rings. The van der Waals surface area contributed by atoms with Crippen LogP contribution in [0.4, 0.5) is 5.69 Å². The highest BCUT2D eigenvalue weighted by Crippen LogP contribution is 2.29. The van der Waals surface area contributed by atoms with Crippen LogP contribution in [0.15, 0.2) is 83.8 Å². The van der Waals surface area contributed by atoms with Crippen LogP contribution in [0.5, 0.6) is 0 Å². The summed E-state index contributed by atoms with van der Waals surface area (Å²) in [5, 5.41) is 13.0. The summed E-state index contributed by atoms with van der Waals surface area (Å²) in [5.74, 6) is 0. The van der Waals surface area contributed by atoms with Crippen molar-refractivity contribution < 1.29 is 0 Å². The molecule has 0 radical (unpaired) electrons. The van der Waals surface area contributed by atoms with Gasteiger partial charge in [0.2, 0.25) is 0 Å². The van der Waals surface area contributed by atoms with E-state index in [9.17, 15) is 0 Å². The molecule has 0 saturated heterocycles. The van der Waals surface area contributed by atoms with Crippen molar-refractivity contribution in [2.45, 2.75) is 6.54 Å². The number of hydrogen-bond acceptors (Lipinski definition) is 4. The first kappa shape index (κ1) is 17.9. The molecule has 142 valence electrons. The van der Waals surface area contributed by atoms with E-state index in [0.29, 0.717) is 0 Å². The number of halogens is 1. The molecule has 0 atom stereocenters. The van der Waals surface area contributed by atoms with Crippen LogP contribution in [-0.4, -0.2) is 14.6 Å². The topological polar surface area (TPSA) is 42.2 Å². The molecular weight excluding hydrogens is 400 g/mol. The maximum absolute atomic E-state index is 5.97. The molecule has 0 spiro atoms. The summed E-state index contributed by atoms with van der Waals surface area (Å²) in [7, 11) is 0. The Hall–Kier alpha value is -3.15. The van der Waals surface area contributed by atoms with E-state index >= 15 is 0 Å². The fraction of sp³-hybridized carbons (Fsp3) is 0.0435. The van der Waals surface area contributed by atoms with E-state index < -0.39 is 0 Å². The lowest BCUT2D eigenvalue weighted by Gasteiger charge is -2.10. The Morgan fingerprint density at radius 3 is 2.72 bits per heavy atom. The van der Waals surface area contributed by atoms with Crippen LogP contribution in [0.25, 0.3) is 28.0 Å². The number of aromatic nitrogens is 3. The van der Waals surface area contributed by atoms with Crippen molar-refractivity contribution >= 4 is 34.3 Å². The molecule has 1 N–H and O–H groups in total. The molecule has 3 heterocycles. The smallest absolute Gasteiger partial charge is 0.163 e. The van der Waals surface area contributed by atoms with Crippen LogP contribution in [0.2, 0.25) is 5.02 Å². The van der Waals surface area contributed by atoms with E-state index in [1.807, 2.05) is 47.2 Å². The molecule has 2 aromatic carbocycles. The van der Waals surface area contributed by atoms with Crippen LogP contribution < -0.4 is 5.32 Å². The summed E-state index contributed by atoms with van der Waals surface area (Å²) in [6, 6.07) is 20.3. The minimum absolute atomic E-state index is 0.733. The zero-order chi connectivity index (χ0) is 19.6. The minimum atomic E-state index is 0.733. The van der Waals surface area contributed by atoms with E-state index in [0.717, 1.165) is 45.3 Å². The Balaban J connectivity index is 1.46. The van der Waals surface area contributed by atoms with E-state index in [4.69, 9.17) is 11.6 Å². The van der Waals surface area contributed by atoms with Gasteiger partial charge in [-0.05, 0) is 58.3 Å². The second-order valence-electron chi connectivity index (χ2n) is 6.70. The number of thiophene rings is 1. The number of hydrogen-bond donors (Lipinski definition) is 1. The number of rotatable bonds is 5. The molecule has 0 saturated carbocycles. The highest BCUT2D eigenvalue weighted by atomic mass is 35.5. The third kappa shape index (κ3) is 3.62. The van der Waals surface area contributed by atoms with Crippen molar-refractivity contribution in [3.05, 3.63) is 94.4 Å². The molecule has 0 bridgehead atoms. The molecule has 3 aromatic heterocycles. The van der Waals surface area contributed by atoms with Crippen molar-refractivity contribution in [3.63, 3.8) is 0 Å². The first-order chi connectivity index (χ1) is 14.3. The quantitative estimate of drug-likeness (QED) is 0.361. The van der Waals surface area contributed by atoms with Crippen molar-refractivity contribution in [3.8, 4) is 22.4 Å². The van der Waals surface area contributed by atoms with E-state index in [1.165, 1.54) is 5.56 Å². The Labute approximate surface area is 177 Å². The average Bonchev–Trinajstić information content (AvgIpc) is 3.43. The number of anilines is 1. The van der Waals surface area contributed by atoms with Crippen molar-refractivity contribution in [2.24, 2.45) is 0 Å². The molecule has 4 nitrogen and oxygen atoms in total. The van der Waals surface area contributed by atoms with Gasteiger partial charge in [-0.1, -0.05) is 35.9 Å². The molecule has 0 amide bonds. The van der Waals surface area contributed by atoms with Crippen LogP contribution in [0.1, 0.15) is 5.56 Å². The zero-order valence-corrected chi connectivity index (χ0v) is 17.0. The molecular formula is C23H17ClN4S. The van der Waals surface area contributed by atoms with Gasteiger partial charge in [-0.2, -0.15) is 16.4 Å². The second-order valence-corrected chi connectivity index (χ2v) is 7.91.